The Morgan fingerprint density at radius 3 is 2.38 bits per heavy atom. The standard InChI is InChI=1S/C22H21ClN4O2/c1-27(21(28)16-5-7-17(23)8-6-16)20-11-9-19(10-12-20)26-22(29)25-15-13-18-4-2-3-14-24-18/h2-12,14H,13,15H2,1H3,(H2,25,26,29). The molecule has 2 N–H and O–H groups in total. The molecule has 0 aliphatic heterocycles. The lowest BCUT2D eigenvalue weighted by Gasteiger charge is -2.18. The van der Waals surface area contributed by atoms with Gasteiger partial charge in [0.05, 0.1) is 0 Å². The van der Waals surface area contributed by atoms with E-state index in [9.17, 15) is 9.59 Å². The molecule has 0 aliphatic rings. The molecule has 0 fully saturated rings. The summed E-state index contributed by atoms with van der Waals surface area (Å²) in [6.07, 6.45) is 2.39. The number of nitrogens with one attached hydrogen (secondary N) is 2. The minimum Gasteiger partial charge on any atom is -0.337 e. The van der Waals surface area contributed by atoms with Crippen molar-refractivity contribution in [2.24, 2.45) is 0 Å². The Labute approximate surface area is 174 Å². The summed E-state index contributed by atoms with van der Waals surface area (Å²) in [5.74, 6) is -0.144. The first kappa shape index (κ1) is 20.4. The molecule has 0 saturated heterocycles. The predicted octanol–water partition coefficient (Wildman–Crippen LogP) is 4.38. The minimum absolute atomic E-state index is 0.144. The Hall–Kier alpha value is -3.38. The summed E-state index contributed by atoms with van der Waals surface area (Å²) < 4.78 is 0. The maximum absolute atomic E-state index is 12.6. The average molecular weight is 409 g/mol. The first-order valence-corrected chi connectivity index (χ1v) is 9.49. The van der Waals surface area contributed by atoms with Crippen LogP contribution in [0, 0.1) is 0 Å². The van der Waals surface area contributed by atoms with Crippen molar-refractivity contribution in [3.8, 4) is 0 Å². The quantitative estimate of drug-likeness (QED) is 0.635. The number of amides is 3. The van der Waals surface area contributed by atoms with Gasteiger partial charge >= 0.3 is 6.03 Å². The Balaban J connectivity index is 1.51. The summed E-state index contributed by atoms with van der Waals surface area (Å²) >= 11 is 5.87. The van der Waals surface area contributed by atoms with Gasteiger partial charge in [-0.1, -0.05) is 17.7 Å². The second kappa shape index (κ2) is 9.71. The number of aromatic nitrogens is 1. The summed E-state index contributed by atoms with van der Waals surface area (Å²) in [5, 5.41) is 6.15. The van der Waals surface area contributed by atoms with Crippen molar-refractivity contribution >= 4 is 34.9 Å². The van der Waals surface area contributed by atoms with Crippen LogP contribution in [0.25, 0.3) is 0 Å². The molecule has 0 spiro atoms. The molecule has 7 heteroatoms. The lowest BCUT2D eigenvalue weighted by molar-refractivity contribution is 0.0993. The molecule has 1 heterocycles. The van der Waals surface area contributed by atoms with Gasteiger partial charge in [-0.2, -0.15) is 0 Å². The van der Waals surface area contributed by atoms with Crippen LogP contribution in [0.15, 0.2) is 72.9 Å². The molecule has 0 atom stereocenters. The Kier molecular flexibility index (Phi) is 6.81. The van der Waals surface area contributed by atoms with Gasteiger partial charge in [-0.25, -0.2) is 4.79 Å². The van der Waals surface area contributed by atoms with Gasteiger partial charge in [0, 0.05) is 53.9 Å². The number of carbonyl (C=O) groups excluding carboxylic acids is 2. The highest BCUT2D eigenvalue weighted by atomic mass is 35.5. The number of rotatable bonds is 6. The molecule has 2 aromatic carbocycles. The summed E-state index contributed by atoms with van der Waals surface area (Å²) in [6.45, 7) is 0.485. The monoisotopic (exact) mass is 408 g/mol. The number of halogens is 1. The zero-order valence-electron chi connectivity index (χ0n) is 15.9. The highest BCUT2D eigenvalue weighted by Crippen LogP contribution is 2.19. The van der Waals surface area contributed by atoms with E-state index in [0.717, 1.165) is 5.69 Å². The van der Waals surface area contributed by atoms with Gasteiger partial charge in [-0.15, -0.1) is 0 Å². The van der Waals surface area contributed by atoms with E-state index in [2.05, 4.69) is 15.6 Å². The van der Waals surface area contributed by atoms with Gasteiger partial charge < -0.3 is 15.5 Å². The van der Waals surface area contributed by atoms with Crippen molar-refractivity contribution in [3.63, 3.8) is 0 Å². The third kappa shape index (κ3) is 5.80. The fourth-order valence-electron chi connectivity index (χ4n) is 2.70. The zero-order chi connectivity index (χ0) is 20.6. The van der Waals surface area contributed by atoms with Crippen LogP contribution in [0.3, 0.4) is 0 Å². The molecule has 3 amide bonds. The van der Waals surface area contributed by atoms with Gasteiger partial charge in [-0.3, -0.25) is 9.78 Å². The molecule has 0 aliphatic carbocycles. The molecular formula is C22H21ClN4O2. The van der Waals surface area contributed by atoms with Crippen LogP contribution in [0.5, 0.6) is 0 Å². The van der Waals surface area contributed by atoms with E-state index in [1.54, 1.807) is 66.7 Å². The van der Waals surface area contributed by atoms with E-state index in [1.165, 1.54) is 0 Å². The SMILES string of the molecule is CN(C(=O)c1ccc(Cl)cc1)c1ccc(NC(=O)NCCc2ccccn2)cc1. The molecule has 0 unspecified atom stereocenters. The zero-order valence-corrected chi connectivity index (χ0v) is 16.7. The third-order valence-corrected chi connectivity index (χ3v) is 4.55. The van der Waals surface area contributed by atoms with Crippen LogP contribution in [-0.2, 0) is 6.42 Å². The van der Waals surface area contributed by atoms with Crippen molar-refractivity contribution < 1.29 is 9.59 Å². The molecule has 0 radical (unpaired) electrons. The van der Waals surface area contributed by atoms with Crippen molar-refractivity contribution in [1.82, 2.24) is 10.3 Å². The topological polar surface area (TPSA) is 74.3 Å². The number of pyridine rings is 1. The third-order valence-electron chi connectivity index (χ3n) is 4.30. The molecular weight excluding hydrogens is 388 g/mol. The first-order valence-electron chi connectivity index (χ1n) is 9.11. The van der Waals surface area contributed by atoms with E-state index in [1.807, 2.05) is 18.2 Å². The fraction of sp³-hybridized carbons (Fsp3) is 0.136. The van der Waals surface area contributed by atoms with Crippen LogP contribution >= 0.6 is 11.6 Å². The normalized spacial score (nSPS) is 10.3. The molecule has 29 heavy (non-hydrogen) atoms. The number of hydrogen-bond donors (Lipinski definition) is 2. The number of hydrogen-bond acceptors (Lipinski definition) is 3. The smallest absolute Gasteiger partial charge is 0.319 e. The molecule has 3 rings (SSSR count). The van der Waals surface area contributed by atoms with Gasteiger partial charge in [0.1, 0.15) is 0 Å². The summed E-state index contributed by atoms with van der Waals surface area (Å²) in [5.41, 5.74) is 2.82. The van der Waals surface area contributed by atoms with Gasteiger partial charge in [0.15, 0.2) is 0 Å². The molecule has 0 saturated carbocycles. The Morgan fingerprint density at radius 1 is 1.00 bits per heavy atom. The van der Waals surface area contributed by atoms with Crippen molar-refractivity contribution in [2.45, 2.75) is 6.42 Å². The summed E-state index contributed by atoms with van der Waals surface area (Å²) in [6, 6.07) is 19.2. The van der Waals surface area contributed by atoms with Crippen LogP contribution in [-0.4, -0.2) is 30.5 Å². The lowest BCUT2D eigenvalue weighted by Crippen LogP contribution is -2.30. The van der Waals surface area contributed by atoms with Gasteiger partial charge in [0.2, 0.25) is 0 Å². The van der Waals surface area contributed by atoms with Crippen LogP contribution in [0.1, 0.15) is 16.1 Å². The number of benzene rings is 2. The largest absolute Gasteiger partial charge is 0.337 e. The highest BCUT2D eigenvalue weighted by molar-refractivity contribution is 6.30. The molecule has 1 aromatic heterocycles. The number of nitrogens with zero attached hydrogens (tertiary/aromatic N) is 2. The Morgan fingerprint density at radius 2 is 1.72 bits per heavy atom. The Bertz CT molecular complexity index is 960. The molecule has 0 bridgehead atoms. The van der Waals surface area contributed by atoms with Gasteiger partial charge in [0.25, 0.3) is 5.91 Å². The molecule has 6 nitrogen and oxygen atoms in total. The van der Waals surface area contributed by atoms with Crippen LogP contribution < -0.4 is 15.5 Å². The van der Waals surface area contributed by atoms with E-state index in [0.29, 0.717) is 34.9 Å². The maximum atomic E-state index is 12.6. The van der Waals surface area contributed by atoms with Crippen molar-refractivity contribution in [2.75, 3.05) is 23.8 Å². The number of urea groups is 1. The second-order valence-electron chi connectivity index (χ2n) is 6.37. The van der Waals surface area contributed by atoms with Gasteiger partial charge in [-0.05, 0) is 60.7 Å². The maximum Gasteiger partial charge on any atom is 0.319 e. The van der Waals surface area contributed by atoms with E-state index in [-0.39, 0.29) is 11.9 Å². The number of anilines is 2. The minimum atomic E-state index is -0.292. The van der Waals surface area contributed by atoms with Crippen LogP contribution in [0.4, 0.5) is 16.2 Å². The van der Waals surface area contributed by atoms with Crippen molar-refractivity contribution in [1.29, 1.82) is 0 Å². The van der Waals surface area contributed by atoms with Crippen LogP contribution in [0.2, 0.25) is 5.02 Å². The lowest BCUT2D eigenvalue weighted by atomic mass is 10.2. The van der Waals surface area contributed by atoms with Crippen molar-refractivity contribution in [3.05, 3.63) is 89.2 Å². The molecule has 148 valence electrons. The average Bonchev–Trinajstić information content (AvgIpc) is 2.74. The van der Waals surface area contributed by atoms with E-state index >= 15 is 0 Å². The molecule has 3 aromatic rings. The second-order valence-corrected chi connectivity index (χ2v) is 6.81. The van der Waals surface area contributed by atoms with E-state index < -0.39 is 0 Å². The predicted molar refractivity (Wildman–Crippen MR) is 116 cm³/mol. The highest BCUT2D eigenvalue weighted by Gasteiger charge is 2.13. The first-order chi connectivity index (χ1) is 14.0. The summed E-state index contributed by atoms with van der Waals surface area (Å²) in [4.78, 5) is 30.3. The summed E-state index contributed by atoms with van der Waals surface area (Å²) in [7, 11) is 1.70. The fourth-order valence-corrected chi connectivity index (χ4v) is 2.82. The van der Waals surface area contributed by atoms with E-state index in [4.69, 9.17) is 11.6 Å². The number of carbonyl (C=O) groups is 2.